The van der Waals surface area contributed by atoms with Gasteiger partial charge in [-0.25, -0.2) is 0 Å². The van der Waals surface area contributed by atoms with Gasteiger partial charge >= 0.3 is 0 Å². The summed E-state index contributed by atoms with van der Waals surface area (Å²) >= 11 is 2.05. The van der Waals surface area contributed by atoms with E-state index in [1.807, 2.05) is 11.7 Å². The van der Waals surface area contributed by atoms with Crippen LogP contribution in [0, 0.1) is 13.8 Å². The Morgan fingerprint density at radius 2 is 2.08 bits per heavy atom. The molecule has 0 aliphatic carbocycles. The molecule has 0 unspecified atom stereocenters. The van der Waals surface area contributed by atoms with Crippen molar-refractivity contribution in [3.8, 4) is 0 Å². The molecule has 1 aliphatic heterocycles. The van der Waals surface area contributed by atoms with Crippen LogP contribution in [0.25, 0.3) is 0 Å². The molecule has 138 valence electrons. The Bertz CT molecular complexity index is 568. The summed E-state index contributed by atoms with van der Waals surface area (Å²) in [6, 6.07) is 0. The van der Waals surface area contributed by atoms with E-state index in [1.165, 1.54) is 11.3 Å². The number of hydrogen-bond donors (Lipinski definition) is 1. The summed E-state index contributed by atoms with van der Waals surface area (Å²) in [4.78, 5) is 7.28. The van der Waals surface area contributed by atoms with Gasteiger partial charge in [0, 0.05) is 49.4 Å². The number of nitrogens with one attached hydrogen (secondary N) is 1. The molecule has 0 amide bonds. The fourth-order valence-electron chi connectivity index (χ4n) is 3.08. The number of rotatable bonds is 4. The first-order chi connectivity index (χ1) is 10.8. The Balaban J connectivity index is 0.00000288. The van der Waals surface area contributed by atoms with E-state index in [2.05, 4.69) is 61.7 Å². The lowest BCUT2D eigenvalue weighted by atomic mass is 10.1. The van der Waals surface area contributed by atoms with Gasteiger partial charge in [-0.3, -0.25) is 9.67 Å². The van der Waals surface area contributed by atoms with Crippen molar-refractivity contribution in [1.29, 1.82) is 0 Å². The predicted molar refractivity (Wildman–Crippen MR) is 116 cm³/mol. The van der Waals surface area contributed by atoms with Crippen molar-refractivity contribution in [2.75, 3.05) is 31.9 Å². The lowest BCUT2D eigenvalue weighted by Gasteiger charge is -2.39. The maximum atomic E-state index is 4.87. The number of aryl methyl sites for hydroxylation is 2. The van der Waals surface area contributed by atoms with Gasteiger partial charge in [0.25, 0.3) is 0 Å². The van der Waals surface area contributed by atoms with Crippen LogP contribution < -0.4 is 5.32 Å². The molecular weight excluding hydrogens is 433 g/mol. The number of nitrogens with zero attached hydrogens (tertiary/aromatic N) is 4. The van der Waals surface area contributed by atoms with E-state index in [0.717, 1.165) is 50.0 Å². The topological polar surface area (TPSA) is 45.5 Å². The lowest BCUT2D eigenvalue weighted by Crippen LogP contribution is -2.51. The largest absolute Gasteiger partial charge is 0.357 e. The number of thioether (sulfide) groups is 1. The first kappa shape index (κ1) is 21.6. The second-order valence-electron chi connectivity index (χ2n) is 6.79. The average Bonchev–Trinajstić information content (AvgIpc) is 2.71. The molecule has 24 heavy (non-hydrogen) atoms. The first-order valence-corrected chi connectivity index (χ1v) is 9.49. The SMILES string of the molecule is CCNC(=NCCc1c(C)nn(C)c1C)N1CCSC(C)(C)C1.I. The highest BCUT2D eigenvalue weighted by molar-refractivity contribution is 14.0. The summed E-state index contributed by atoms with van der Waals surface area (Å²) in [6.07, 6.45) is 0.951. The summed E-state index contributed by atoms with van der Waals surface area (Å²) in [5.41, 5.74) is 3.71. The Morgan fingerprint density at radius 3 is 2.62 bits per heavy atom. The summed E-state index contributed by atoms with van der Waals surface area (Å²) in [5.74, 6) is 2.22. The normalized spacial score (nSPS) is 17.6. The summed E-state index contributed by atoms with van der Waals surface area (Å²) in [5, 5.41) is 7.95. The number of hydrogen-bond acceptors (Lipinski definition) is 3. The Morgan fingerprint density at radius 1 is 1.38 bits per heavy atom. The molecule has 0 spiro atoms. The van der Waals surface area contributed by atoms with E-state index < -0.39 is 0 Å². The Kier molecular flexibility index (Phi) is 8.38. The molecule has 1 aromatic heterocycles. The Labute approximate surface area is 168 Å². The van der Waals surface area contributed by atoms with Crippen molar-refractivity contribution in [3.05, 3.63) is 17.0 Å². The van der Waals surface area contributed by atoms with E-state index in [4.69, 9.17) is 4.99 Å². The van der Waals surface area contributed by atoms with Gasteiger partial charge in [0.1, 0.15) is 0 Å². The molecule has 0 bridgehead atoms. The van der Waals surface area contributed by atoms with Crippen LogP contribution in [0.15, 0.2) is 4.99 Å². The lowest BCUT2D eigenvalue weighted by molar-refractivity contribution is 0.376. The van der Waals surface area contributed by atoms with Crippen molar-refractivity contribution >= 4 is 41.7 Å². The van der Waals surface area contributed by atoms with Crippen molar-refractivity contribution in [2.45, 2.75) is 45.8 Å². The first-order valence-electron chi connectivity index (χ1n) is 8.50. The highest BCUT2D eigenvalue weighted by atomic mass is 127. The zero-order chi connectivity index (χ0) is 17.0. The van der Waals surface area contributed by atoms with Crippen molar-refractivity contribution in [2.24, 2.45) is 12.0 Å². The molecule has 0 radical (unpaired) electrons. The van der Waals surface area contributed by atoms with Gasteiger partial charge in [-0.05, 0) is 46.6 Å². The molecule has 1 saturated heterocycles. The molecule has 1 aliphatic rings. The van der Waals surface area contributed by atoms with Gasteiger partial charge in [0.05, 0.1) is 5.69 Å². The van der Waals surface area contributed by atoms with Gasteiger partial charge in [-0.2, -0.15) is 16.9 Å². The van der Waals surface area contributed by atoms with E-state index in [-0.39, 0.29) is 24.0 Å². The van der Waals surface area contributed by atoms with Crippen LogP contribution in [-0.4, -0.2) is 57.3 Å². The minimum absolute atomic E-state index is 0. The van der Waals surface area contributed by atoms with Crippen LogP contribution in [0.4, 0.5) is 0 Å². The minimum atomic E-state index is 0. The molecule has 7 heteroatoms. The summed E-state index contributed by atoms with van der Waals surface area (Å²) in [6.45, 7) is 14.8. The zero-order valence-corrected chi connectivity index (χ0v) is 19.0. The maximum Gasteiger partial charge on any atom is 0.193 e. The molecule has 5 nitrogen and oxygen atoms in total. The molecule has 0 atom stereocenters. The molecular formula is C17H32IN5S. The fraction of sp³-hybridized carbons (Fsp3) is 0.765. The van der Waals surface area contributed by atoms with Crippen molar-refractivity contribution in [3.63, 3.8) is 0 Å². The van der Waals surface area contributed by atoms with E-state index in [0.29, 0.717) is 4.75 Å². The van der Waals surface area contributed by atoms with E-state index in [9.17, 15) is 0 Å². The third-order valence-electron chi connectivity index (χ3n) is 4.34. The fourth-order valence-corrected chi connectivity index (χ4v) is 4.19. The zero-order valence-electron chi connectivity index (χ0n) is 15.8. The van der Waals surface area contributed by atoms with E-state index in [1.54, 1.807) is 0 Å². The molecule has 2 rings (SSSR count). The minimum Gasteiger partial charge on any atom is -0.357 e. The van der Waals surface area contributed by atoms with Gasteiger partial charge in [0.2, 0.25) is 0 Å². The molecule has 2 heterocycles. The maximum absolute atomic E-state index is 4.87. The second-order valence-corrected chi connectivity index (χ2v) is 8.59. The average molecular weight is 465 g/mol. The van der Waals surface area contributed by atoms with Crippen LogP contribution in [0.1, 0.15) is 37.7 Å². The van der Waals surface area contributed by atoms with Gasteiger partial charge in [-0.1, -0.05) is 0 Å². The van der Waals surface area contributed by atoms with Crippen molar-refractivity contribution in [1.82, 2.24) is 20.0 Å². The molecule has 1 N–H and O–H groups in total. The third kappa shape index (κ3) is 5.54. The van der Waals surface area contributed by atoms with Gasteiger partial charge in [-0.15, -0.1) is 24.0 Å². The number of halogens is 1. The standard InChI is InChI=1S/C17H31N5S.HI/c1-7-18-16(22-10-11-23-17(4,5)12-22)19-9-8-15-13(2)20-21(6)14(15)3;/h7-12H2,1-6H3,(H,18,19);1H. The van der Waals surface area contributed by atoms with Crippen LogP contribution in [0.3, 0.4) is 0 Å². The van der Waals surface area contributed by atoms with E-state index >= 15 is 0 Å². The quantitative estimate of drug-likeness (QED) is 0.422. The number of aliphatic imine (C=N–C) groups is 1. The van der Waals surface area contributed by atoms with Crippen LogP contribution in [0.5, 0.6) is 0 Å². The second kappa shape index (κ2) is 9.31. The van der Waals surface area contributed by atoms with Crippen LogP contribution >= 0.6 is 35.7 Å². The van der Waals surface area contributed by atoms with Crippen LogP contribution in [-0.2, 0) is 13.5 Å². The van der Waals surface area contributed by atoms with Crippen LogP contribution in [0.2, 0.25) is 0 Å². The number of aromatic nitrogens is 2. The monoisotopic (exact) mass is 465 g/mol. The summed E-state index contributed by atoms with van der Waals surface area (Å²) < 4.78 is 2.26. The molecule has 1 fully saturated rings. The predicted octanol–water partition coefficient (Wildman–Crippen LogP) is 2.99. The molecule has 0 saturated carbocycles. The van der Waals surface area contributed by atoms with Gasteiger partial charge in [0.15, 0.2) is 5.96 Å². The molecule has 0 aromatic carbocycles. The van der Waals surface area contributed by atoms with Gasteiger partial charge < -0.3 is 10.2 Å². The highest BCUT2D eigenvalue weighted by Crippen LogP contribution is 2.29. The third-order valence-corrected chi connectivity index (χ3v) is 5.64. The highest BCUT2D eigenvalue weighted by Gasteiger charge is 2.28. The summed E-state index contributed by atoms with van der Waals surface area (Å²) in [7, 11) is 2.01. The molecule has 1 aromatic rings. The van der Waals surface area contributed by atoms with Crippen molar-refractivity contribution < 1.29 is 0 Å². The number of guanidine groups is 1. The smallest absolute Gasteiger partial charge is 0.193 e. The Hall–Kier alpha value is -0.440.